The van der Waals surface area contributed by atoms with Gasteiger partial charge in [0, 0.05) is 23.6 Å². The first kappa shape index (κ1) is 8.69. The largest absolute Gasteiger partial charge is 0.399 e. The van der Waals surface area contributed by atoms with Gasteiger partial charge in [0.05, 0.1) is 0 Å². The number of aromatic nitrogens is 2. The van der Waals surface area contributed by atoms with Crippen LogP contribution in [0.4, 0.5) is 5.69 Å². The van der Waals surface area contributed by atoms with Crippen LogP contribution in [0, 0.1) is 6.92 Å². The van der Waals surface area contributed by atoms with Crippen molar-refractivity contribution in [1.29, 1.82) is 0 Å². The van der Waals surface area contributed by atoms with Crippen molar-refractivity contribution in [2.24, 2.45) is 0 Å². The Bertz CT molecular complexity index is 438. The smallest absolute Gasteiger partial charge is 0.159 e. The standard InChI is InChI=1S/C11H11N3/c1-8-7-9(12)3-4-10(8)11-13-5-2-6-14-11/h2-7H,12H2,1H3. The van der Waals surface area contributed by atoms with Crippen LogP contribution in [0.3, 0.4) is 0 Å². The summed E-state index contributed by atoms with van der Waals surface area (Å²) in [7, 11) is 0. The summed E-state index contributed by atoms with van der Waals surface area (Å²) in [6.45, 7) is 2.00. The van der Waals surface area contributed by atoms with Crippen LogP contribution in [0.2, 0.25) is 0 Å². The Hall–Kier alpha value is -1.90. The van der Waals surface area contributed by atoms with Gasteiger partial charge in [0.2, 0.25) is 0 Å². The fraction of sp³-hybridized carbons (Fsp3) is 0.0909. The number of hydrogen-bond donors (Lipinski definition) is 1. The van der Waals surface area contributed by atoms with Crippen molar-refractivity contribution in [3.05, 3.63) is 42.2 Å². The highest BCUT2D eigenvalue weighted by molar-refractivity contribution is 5.63. The Morgan fingerprint density at radius 3 is 2.50 bits per heavy atom. The zero-order chi connectivity index (χ0) is 9.97. The van der Waals surface area contributed by atoms with Crippen LogP contribution >= 0.6 is 0 Å². The van der Waals surface area contributed by atoms with E-state index in [0.717, 1.165) is 22.6 Å². The van der Waals surface area contributed by atoms with Gasteiger partial charge in [-0.1, -0.05) is 0 Å². The van der Waals surface area contributed by atoms with E-state index in [2.05, 4.69) is 9.97 Å². The lowest BCUT2D eigenvalue weighted by atomic mass is 10.1. The number of anilines is 1. The molecule has 0 aliphatic carbocycles. The van der Waals surface area contributed by atoms with Gasteiger partial charge in [0.1, 0.15) is 0 Å². The van der Waals surface area contributed by atoms with Gasteiger partial charge in [-0.25, -0.2) is 9.97 Å². The summed E-state index contributed by atoms with van der Waals surface area (Å²) in [6.07, 6.45) is 3.47. The van der Waals surface area contributed by atoms with Gasteiger partial charge >= 0.3 is 0 Å². The van der Waals surface area contributed by atoms with Crippen molar-refractivity contribution in [3.63, 3.8) is 0 Å². The van der Waals surface area contributed by atoms with Crippen LogP contribution in [-0.2, 0) is 0 Å². The first-order chi connectivity index (χ1) is 6.77. The number of nitrogens with zero attached hydrogens (tertiary/aromatic N) is 2. The second-order valence-electron chi connectivity index (χ2n) is 3.15. The quantitative estimate of drug-likeness (QED) is 0.691. The first-order valence-corrected chi connectivity index (χ1v) is 4.41. The van der Waals surface area contributed by atoms with E-state index in [0.29, 0.717) is 0 Å². The summed E-state index contributed by atoms with van der Waals surface area (Å²) in [5.41, 5.74) is 8.55. The van der Waals surface area contributed by atoms with Crippen LogP contribution in [0.25, 0.3) is 11.4 Å². The molecule has 1 aromatic heterocycles. The SMILES string of the molecule is Cc1cc(N)ccc1-c1ncccn1. The molecule has 0 radical (unpaired) electrons. The summed E-state index contributed by atoms with van der Waals surface area (Å²) >= 11 is 0. The lowest BCUT2D eigenvalue weighted by Crippen LogP contribution is -1.92. The summed E-state index contributed by atoms with van der Waals surface area (Å²) in [6, 6.07) is 7.53. The number of nitrogens with two attached hydrogens (primary N) is 1. The monoisotopic (exact) mass is 185 g/mol. The highest BCUT2D eigenvalue weighted by Gasteiger charge is 2.03. The van der Waals surface area contributed by atoms with E-state index < -0.39 is 0 Å². The molecule has 2 rings (SSSR count). The van der Waals surface area contributed by atoms with Gasteiger partial charge in [-0.15, -0.1) is 0 Å². The Morgan fingerprint density at radius 2 is 1.86 bits per heavy atom. The molecule has 70 valence electrons. The van der Waals surface area contributed by atoms with Crippen molar-refractivity contribution >= 4 is 5.69 Å². The third-order valence-electron chi connectivity index (χ3n) is 2.06. The zero-order valence-corrected chi connectivity index (χ0v) is 7.94. The van der Waals surface area contributed by atoms with Crippen LogP contribution in [0.5, 0.6) is 0 Å². The number of aryl methyl sites for hydroxylation is 1. The molecule has 0 aliphatic heterocycles. The number of nitrogen functional groups attached to an aromatic ring is 1. The van der Waals surface area contributed by atoms with Crippen LogP contribution in [0.15, 0.2) is 36.7 Å². The second-order valence-corrected chi connectivity index (χ2v) is 3.15. The maximum absolute atomic E-state index is 5.66. The minimum absolute atomic E-state index is 0.741. The molecule has 1 heterocycles. The summed E-state index contributed by atoms with van der Waals surface area (Å²) in [5, 5.41) is 0. The van der Waals surface area contributed by atoms with Crippen molar-refractivity contribution in [2.45, 2.75) is 6.92 Å². The molecule has 0 atom stereocenters. The molecular weight excluding hydrogens is 174 g/mol. The molecule has 0 unspecified atom stereocenters. The van der Waals surface area contributed by atoms with Crippen molar-refractivity contribution < 1.29 is 0 Å². The molecule has 3 nitrogen and oxygen atoms in total. The Kier molecular flexibility index (Phi) is 2.14. The third-order valence-corrected chi connectivity index (χ3v) is 2.06. The van der Waals surface area contributed by atoms with E-state index in [1.165, 1.54) is 0 Å². The van der Waals surface area contributed by atoms with Crippen LogP contribution < -0.4 is 5.73 Å². The van der Waals surface area contributed by atoms with Gasteiger partial charge in [-0.05, 0) is 36.8 Å². The number of benzene rings is 1. The molecule has 14 heavy (non-hydrogen) atoms. The van der Waals surface area contributed by atoms with Crippen molar-refractivity contribution in [1.82, 2.24) is 9.97 Å². The zero-order valence-electron chi connectivity index (χ0n) is 7.94. The third kappa shape index (κ3) is 1.57. The van der Waals surface area contributed by atoms with Gasteiger partial charge in [-0.2, -0.15) is 0 Å². The molecule has 0 amide bonds. The maximum atomic E-state index is 5.66. The minimum Gasteiger partial charge on any atom is -0.399 e. The molecule has 3 heteroatoms. The predicted molar refractivity (Wildman–Crippen MR) is 56.6 cm³/mol. The molecule has 2 N–H and O–H groups in total. The highest BCUT2D eigenvalue weighted by Crippen LogP contribution is 2.20. The lowest BCUT2D eigenvalue weighted by molar-refractivity contribution is 1.17. The van der Waals surface area contributed by atoms with Crippen LogP contribution in [-0.4, -0.2) is 9.97 Å². The molecule has 0 fully saturated rings. The Labute approximate surface area is 82.6 Å². The molecule has 0 spiro atoms. The van der Waals surface area contributed by atoms with E-state index in [4.69, 9.17) is 5.73 Å². The summed E-state index contributed by atoms with van der Waals surface area (Å²) in [5.74, 6) is 0.741. The van der Waals surface area contributed by atoms with E-state index in [-0.39, 0.29) is 0 Å². The maximum Gasteiger partial charge on any atom is 0.159 e. The lowest BCUT2D eigenvalue weighted by Gasteiger charge is -2.04. The van der Waals surface area contributed by atoms with Crippen molar-refractivity contribution in [3.8, 4) is 11.4 Å². The molecule has 0 bridgehead atoms. The number of hydrogen-bond acceptors (Lipinski definition) is 3. The average molecular weight is 185 g/mol. The van der Waals surface area contributed by atoms with Crippen molar-refractivity contribution in [2.75, 3.05) is 5.73 Å². The van der Waals surface area contributed by atoms with Gasteiger partial charge in [0.15, 0.2) is 5.82 Å². The molecule has 2 aromatic rings. The normalized spacial score (nSPS) is 10.1. The average Bonchev–Trinajstić information content (AvgIpc) is 2.19. The number of rotatable bonds is 1. The topological polar surface area (TPSA) is 51.8 Å². The van der Waals surface area contributed by atoms with Gasteiger partial charge in [0.25, 0.3) is 0 Å². The van der Waals surface area contributed by atoms with E-state index in [1.54, 1.807) is 18.5 Å². The first-order valence-electron chi connectivity index (χ1n) is 4.41. The molecule has 0 saturated heterocycles. The van der Waals surface area contributed by atoms with E-state index in [1.807, 2.05) is 25.1 Å². The predicted octanol–water partition coefficient (Wildman–Crippen LogP) is 2.03. The molecular formula is C11H11N3. The highest BCUT2D eigenvalue weighted by atomic mass is 14.8. The molecule has 0 aliphatic rings. The minimum atomic E-state index is 0.741. The fourth-order valence-electron chi connectivity index (χ4n) is 1.38. The second kappa shape index (κ2) is 3.46. The Morgan fingerprint density at radius 1 is 1.14 bits per heavy atom. The van der Waals surface area contributed by atoms with E-state index >= 15 is 0 Å². The Balaban J connectivity index is 2.53. The van der Waals surface area contributed by atoms with Gasteiger partial charge in [-0.3, -0.25) is 0 Å². The van der Waals surface area contributed by atoms with Crippen LogP contribution in [0.1, 0.15) is 5.56 Å². The summed E-state index contributed by atoms with van der Waals surface area (Å²) in [4.78, 5) is 8.38. The summed E-state index contributed by atoms with van der Waals surface area (Å²) < 4.78 is 0. The fourth-order valence-corrected chi connectivity index (χ4v) is 1.38. The van der Waals surface area contributed by atoms with E-state index in [9.17, 15) is 0 Å². The molecule has 0 saturated carbocycles. The molecule has 1 aromatic carbocycles. The van der Waals surface area contributed by atoms with Gasteiger partial charge < -0.3 is 5.73 Å².